The molecule has 1 aromatic heterocycles. The lowest BCUT2D eigenvalue weighted by Gasteiger charge is -2.33. The second-order valence-electron chi connectivity index (χ2n) is 5.09. The standard InChI is InChI=1S/C12H21N3O2/c1-8(2)15-6-4-5-10(7-15)12-13-11(9(3)16)14-17-12/h8-10,16H,4-7H2,1-3H3. The summed E-state index contributed by atoms with van der Waals surface area (Å²) >= 11 is 0. The Morgan fingerprint density at radius 3 is 2.76 bits per heavy atom. The molecule has 1 aromatic rings. The fourth-order valence-corrected chi connectivity index (χ4v) is 2.26. The molecule has 5 heteroatoms. The molecular weight excluding hydrogens is 218 g/mol. The lowest BCUT2D eigenvalue weighted by Crippen LogP contribution is -2.39. The van der Waals surface area contributed by atoms with E-state index in [2.05, 4.69) is 28.9 Å². The highest BCUT2D eigenvalue weighted by molar-refractivity contribution is 4.98. The van der Waals surface area contributed by atoms with Crippen LogP contribution in [0.4, 0.5) is 0 Å². The maximum Gasteiger partial charge on any atom is 0.231 e. The van der Waals surface area contributed by atoms with E-state index in [1.54, 1.807) is 6.92 Å². The van der Waals surface area contributed by atoms with Crippen LogP contribution in [0.5, 0.6) is 0 Å². The van der Waals surface area contributed by atoms with E-state index in [1.165, 1.54) is 0 Å². The molecule has 0 radical (unpaired) electrons. The predicted octanol–water partition coefficient (Wildman–Crippen LogP) is 1.71. The van der Waals surface area contributed by atoms with Gasteiger partial charge in [-0.05, 0) is 40.2 Å². The van der Waals surface area contributed by atoms with E-state index in [-0.39, 0.29) is 0 Å². The Hall–Kier alpha value is -0.940. The molecule has 1 fully saturated rings. The van der Waals surface area contributed by atoms with Crippen LogP contribution in [0.25, 0.3) is 0 Å². The molecule has 0 amide bonds. The van der Waals surface area contributed by atoms with Crippen molar-refractivity contribution in [3.63, 3.8) is 0 Å². The minimum atomic E-state index is -0.655. The monoisotopic (exact) mass is 239 g/mol. The summed E-state index contributed by atoms with van der Waals surface area (Å²) in [5.74, 6) is 1.37. The van der Waals surface area contributed by atoms with Crippen molar-refractivity contribution in [1.29, 1.82) is 0 Å². The molecule has 2 unspecified atom stereocenters. The van der Waals surface area contributed by atoms with Crippen LogP contribution in [0, 0.1) is 0 Å². The Labute approximate surface area is 102 Å². The number of hydrogen-bond donors (Lipinski definition) is 1. The summed E-state index contributed by atoms with van der Waals surface area (Å²) in [6.07, 6.45) is 1.59. The van der Waals surface area contributed by atoms with Crippen LogP contribution in [0.3, 0.4) is 0 Å². The summed E-state index contributed by atoms with van der Waals surface area (Å²) in [7, 11) is 0. The molecule has 17 heavy (non-hydrogen) atoms. The first-order valence-electron chi connectivity index (χ1n) is 6.33. The molecule has 1 aliphatic heterocycles. The number of aliphatic hydroxyl groups is 1. The normalized spacial score (nSPS) is 24.2. The SMILES string of the molecule is CC(O)c1noc(C2CCCN(C(C)C)C2)n1. The fourth-order valence-electron chi connectivity index (χ4n) is 2.26. The van der Waals surface area contributed by atoms with Gasteiger partial charge in [0.05, 0.1) is 5.92 Å². The fraction of sp³-hybridized carbons (Fsp3) is 0.833. The predicted molar refractivity (Wildman–Crippen MR) is 63.6 cm³/mol. The van der Waals surface area contributed by atoms with Crippen molar-refractivity contribution in [3.05, 3.63) is 11.7 Å². The molecule has 0 saturated carbocycles. The van der Waals surface area contributed by atoms with Gasteiger partial charge in [0.25, 0.3) is 0 Å². The maximum absolute atomic E-state index is 9.38. The van der Waals surface area contributed by atoms with E-state index in [4.69, 9.17) is 4.52 Å². The van der Waals surface area contributed by atoms with E-state index in [9.17, 15) is 5.11 Å². The molecule has 0 bridgehead atoms. The molecule has 0 aliphatic carbocycles. The number of nitrogens with zero attached hydrogens (tertiary/aromatic N) is 3. The van der Waals surface area contributed by atoms with Crippen LogP contribution in [-0.2, 0) is 0 Å². The molecule has 1 aliphatic rings. The molecule has 0 spiro atoms. The summed E-state index contributed by atoms with van der Waals surface area (Å²) < 4.78 is 5.25. The highest BCUT2D eigenvalue weighted by Crippen LogP contribution is 2.27. The average Bonchev–Trinajstić information content (AvgIpc) is 2.78. The van der Waals surface area contributed by atoms with Crippen molar-refractivity contribution < 1.29 is 9.63 Å². The lowest BCUT2D eigenvalue weighted by atomic mass is 9.97. The molecule has 5 nitrogen and oxygen atoms in total. The van der Waals surface area contributed by atoms with Crippen molar-refractivity contribution in [2.24, 2.45) is 0 Å². The van der Waals surface area contributed by atoms with Crippen LogP contribution in [0.2, 0.25) is 0 Å². The third-order valence-electron chi connectivity index (χ3n) is 3.36. The third kappa shape index (κ3) is 2.84. The van der Waals surface area contributed by atoms with Crippen molar-refractivity contribution >= 4 is 0 Å². The minimum absolute atomic E-state index is 0.311. The van der Waals surface area contributed by atoms with Gasteiger partial charge < -0.3 is 14.5 Å². The number of rotatable bonds is 3. The Kier molecular flexibility index (Phi) is 3.79. The number of aromatic nitrogens is 2. The second-order valence-corrected chi connectivity index (χ2v) is 5.09. The van der Waals surface area contributed by atoms with Gasteiger partial charge in [-0.2, -0.15) is 4.98 Å². The number of piperidine rings is 1. The molecule has 2 rings (SSSR count). The highest BCUT2D eigenvalue weighted by atomic mass is 16.5. The summed E-state index contributed by atoms with van der Waals surface area (Å²) in [6.45, 7) is 8.18. The van der Waals surface area contributed by atoms with Gasteiger partial charge in [-0.15, -0.1) is 0 Å². The Bertz CT molecular complexity index is 362. The Morgan fingerprint density at radius 1 is 1.41 bits per heavy atom. The molecule has 96 valence electrons. The zero-order chi connectivity index (χ0) is 12.4. The molecule has 1 N–H and O–H groups in total. The van der Waals surface area contributed by atoms with Gasteiger partial charge in [0, 0.05) is 12.6 Å². The number of likely N-dealkylation sites (tertiary alicyclic amines) is 1. The second kappa shape index (κ2) is 5.14. The summed E-state index contributed by atoms with van der Waals surface area (Å²) in [4.78, 5) is 6.70. The molecule has 1 saturated heterocycles. The zero-order valence-electron chi connectivity index (χ0n) is 10.8. The van der Waals surface area contributed by atoms with E-state index in [0.29, 0.717) is 23.7 Å². The van der Waals surface area contributed by atoms with Gasteiger partial charge in [-0.1, -0.05) is 5.16 Å². The molecular formula is C12H21N3O2. The van der Waals surface area contributed by atoms with Gasteiger partial charge in [0.2, 0.25) is 5.89 Å². The first kappa shape index (κ1) is 12.5. The minimum Gasteiger partial charge on any atom is -0.385 e. The third-order valence-corrected chi connectivity index (χ3v) is 3.36. The van der Waals surface area contributed by atoms with Crippen molar-refractivity contribution in [1.82, 2.24) is 15.0 Å². The molecule has 2 atom stereocenters. The largest absolute Gasteiger partial charge is 0.385 e. The van der Waals surface area contributed by atoms with Crippen LogP contribution in [0.1, 0.15) is 57.3 Å². The van der Waals surface area contributed by atoms with Crippen LogP contribution < -0.4 is 0 Å². The summed E-state index contributed by atoms with van der Waals surface area (Å²) in [5.41, 5.74) is 0. The lowest BCUT2D eigenvalue weighted by molar-refractivity contribution is 0.152. The molecule has 0 aromatic carbocycles. The molecule has 2 heterocycles. The van der Waals surface area contributed by atoms with Gasteiger partial charge in [-0.3, -0.25) is 0 Å². The van der Waals surface area contributed by atoms with Gasteiger partial charge in [-0.25, -0.2) is 0 Å². The highest BCUT2D eigenvalue weighted by Gasteiger charge is 2.27. The first-order valence-corrected chi connectivity index (χ1v) is 6.33. The topological polar surface area (TPSA) is 62.4 Å². The first-order chi connectivity index (χ1) is 8.08. The van der Waals surface area contributed by atoms with Gasteiger partial charge in [0.15, 0.2) is 5.82 Å². The van der Waals surface area contributed by atoms with Crippen molar-refractivity contribution in [2.75, 3.05) is 13.1 Å². The maximum atomic E-state index is 9.38. The number of aliphatic hydroxyl groups excluding tert-OH is 1. The van der Waals surface area contributed by atoms with E-state index >= 15 is 0 Å². The summed E-state index contributed by atoms with van der Waals surface area (Å²) in [6, 6.07) is 0.553. The van der Waals surface area contributed by atoms with E-state index < -0.39 is 6.10 Å². The van der Waals surface area contributed by atoms with Crippen LogP contribution in [0.15, 0.2) is 4.52 Å². The van der Waals surface area contributed by atoms with Gasteiger partial charge >= 0.3 is 0 Å². The summed E-state index contributed by atoms with van der Waals surface area (Å²) in [5, 5.41) is 13.2. The quantitative estimate of drug-likeness (QED) is 0.870. The van der Waals surface area contributed by atoms with E-state index in [1.807, 2.05) is 0 Å². The Morgan fingerprint density at radius 2 is 2.18 bits per heavy atom. The Balaban J connectivity index is 2.05. The number of hydrogen-bond acceptors (Lipinski definition) is 5. The smallest absolute Gasteiger partial charge is 0.231 e. The van der Waals surface area contributed by atoms with Crippen LogP contribution in [-0.4, -0.2) is 39.3 Å². The van der Waals surface area contributed by atoms with Crippen LogP contribution >= 0.6 is 0 Å². The zero-order valence-corrected chi connectivity index (χ0v) is 10.8. The average molecular weight is 239 g/mol. The van der Waals surface area contributed by atoms with Gasteiger partial charge in [0.1, 0.15) is 6.10 Å². The van der Waals surface area contributed by atoms with Crippen molar-refractivity contribution in [2.45, 2.75) is 51.7 Å². The van der Waals surface area contributed by atoms with Crippen molar-refractivity contribution in [3.8, 4) is 0 Å². The van der Waals surface area contributed by atoms with E-state index in [0.717, 1.165) is 25.9 Å².